The lowest BCUT2D eigenvalue weighted by Crippen LogP contribution is -2.22. The third-order valence-electron chi connectivity index (χ3n) is 3.15. The minimum atomic E-state index is 0.181. The molecule has 0 spiro atoms. The zero-order valence-electron chi connectivity index (χ0n) is 9.66. The van der Waals surface area contributed by atoms with E-state index in [2.05, 4.69) is 0 Å². The summed E-state index contributed by atoms with van der Waals surface area (Å²) in [5, 5.41) is 0. The number of rotatable bonds is 4. The quantitative estimate of drug-likeness (QED) is 0.732. The maximum Gasteiger partial charge on any atom is 0.169 e. The molecule has 3 heteroatoms. The van der Waals surface area contributed by atoms with Crippen LogP contribution in [0.3, 0.4) is 0 Å². The summed E-state index contributed by atoms with van der Waals surface area (Å²) in [4.78, 5) is 12.1. The van der Waals surface area contributed by atoms with Gasteiger partial charge in [-0.3, -0.25) is 4.79 Å². The van der Waals surface area contributed by atoms with Crippen molar-refractivity contribution in [3.05, 3.63) is 23.8 Å². The van der Waals surface area contributed by atoms with Gasteiger partial charge >= 0.3 is 0 Å². The van der Waals surface area contributed by atoms with Crippen LogP contribution in [0.4, 0.5) is 0 Å². The monoisotopic (exact) mass is 220 g/mol. The maximum atomic E-state index is 12.1. The second-order valence-corrected chi connectivity index (χ2v) is 4.06. The summed E-state index contributed by atoms with van der Waals surface area (Å²) in [6, 6.07) is 5.35. The van der Waals surface area contributed by atoms with Crippen molar-refractivity contribution in [1.82, 2.24) is 0 Å². The Balaban J connectivity index is 2.31. The zero-order valence-corrected chi connectivity index (χ0v) is 9.66. The summed E-state index contributed by atoms with van der Waals surface area (Å²) < 4.78 is 10.3. The lowest BCUT2D eigenvalue weighted by molar-refractivity contribution is 0.0851. The van der Waals surface area contributed by atoms with Crippen LogP contribution in [0.25, 0.3) is 0 Å². The summed E-state index contributed by atoms with van der Waals surface area (Å²) in [5.74, 6) is 1.70. The predicted octanol–water partition coefficient (Wildman–Crippen LogP) is 2.69. The Kier molecular flexibility index (Phi) is 3.13. The minimum Gasteiger partial charge on any atom is -0.497 e. The van der Waals surface area contributed by atoms with Gasteiger partial charge in [0.25, 0.3) is 0 Å². The van der Waals surface area contributed by atoms with Crippen LogP contribution in [0, 0.1) is 5.92 Å². The first kappa shape index (κ1) is 11.0. The molecule has 0 radical (unpaired) electrons. The van der Waals surface area contributed by atoms with Gasteiger partial charge in [0.05, 0.1) is 19.8 Å². The standard InChI is InChI=1S/C13H16O3/c1-15-10-6-7-12(16-2)11(8-10)13(14)9-4-3-5-9/h6-9H,3-5H2,1-2H3. The average molecular weight is 220 g/mol. The zero-order chi connectivity index (χ0) is 11.5. The largest absolute Gasteiger partial charge is 0.497 e. The Morgan fingerprint density at radius 2 is 2.00 bits per heavy atom. The second-order valence-electron chi connectivity index (χ2n) is 4.06. The van der Waals surface area contributed by atoms with Gasteiger partial charge in [-0.15, -0.1) is 0 Å². The summed E-state index contributed by atoms with van der Waals surface area (Å²) in [5.41, 5.74) is 0.645. The highest BCUT2D eigenvalue weighted by molar-refractivity contribution is 6.01. The number of methoxy groups -OCH3 is 2. The van der Waals surface area contributed by atoms with E-state index in [1.54, 1.807) is 32.4 Å². The van der Waals surface area contributed by atoms with Crippen LogP contribution < -0.4 is 9.47 Å². The molecule has 0 saturated heterocycles. The Morgan fingerprint density at radius 3 is 2.50 bits per heavy atom. The van der Waals surface area contributed by atoms with Crippen LogP contribution in [-0.2, 0) is 0 Å². The van der Waals surface area contributed by atoms with Crippen LogP contribution in [-0.4, -0.2) is 20.0 Å². The van der Waals surface area contributed by atoms with Gasteiger partial charge < -0.3 is 9.47 Å². The lowest BCUT2D eigenvalue weighted by atomic mass is 9.80. The normalized spacial score (nSPS) is 15.4. The fourth-order valence-corrected chi connectivity index (χ4v) is 1.90. The topological polar surface area (TPSA) is 35.5 Å². The molecule has 86 valence electrons. The van der Waals surface area contributed by atoms with Crippen molar-refractivity contribution < 1.29 is 14.3 Å². The van der Waals surface area contributed by atoms with Crippen LogP contribution in [0.1, 0.15) is 29.6 Å². The molecule has 0 bridgehead atoms. The number of ketones is 1. The Hall–Kier alpha value is -1.51. The number of carbonyl (C=O) groups is 1. The van der Waals surface area contributed by atoms with Gasteiger partial charge in [0.1, 0.15) is 11.5 Å². The molecule has 0 aliphatic heterocycles. The van der Waals surface area contributed by atoms with E-state index in [-0.39, 0.29) is 11.7 Å². The van der Waals surface area contributed by atoms with Crippen molar-refractivity contribution in [2.45, 2.75) is 19.3 Å². The summed E-state index contributed by atoms with van der Waals surface area (Å²) in [6.45, 7) is 0. The van der Waals surface area contributed by atoms with Crippen molar-refractivity contribution in [2.24, 2.45) is 5.92 Å². The molecule has 1 aliphatic carbocycles. The van der Waals surface area contributed by atoms with Gasteiger partial charge in [-0.2, -0.15) is 0 Å². The van der Waals surface area contributed by atoms with Crippen LogP contribution in [0.15, 0.2) is 18.2 Å². The summed E-state index contributed by atoms with van der Waals surface area (Å²) in [6.07, 6.45) is 3.15. The molecular formula is C13H16O3. The van der Waals surface area contributed by atoms with E-state index < -0.39 is 0 Å². The van der Waals surface area contributed by atoms with E-state index in [1.165, 1.54) is 0 Å². The molecule has 16 heavy (non-hydrogen) atoms. The molecule has 0 unspecified atom stereocenters. The SMILES string of the molecule is COc1ccc(OC)c(C(=O)C2CCC2)c1. The van der Waals surface area contributed by atoms with Crippen molar-refractivity contribution >= 4 is 5.78 Å². The van der Waals surface area contributed by atoms with Gasteiger partial charge in [-0.1, -0.05) is 6.42 Å². The fraction of sp³-hybridized carbons (Fsp3) is 0.462. The van der Waals surface area contributed by atoms with Gasteiger partial charge in [-0.25, -0.2) is 0 Å². The van der Waals surface area contributed by atoms with Crippen LogP contribution in [0.5, 0.6) is 11.5 Å². The van der Waals surface area contributed by atoms with E-state index in [9.17, 15) is 4.79 Å². The first-order valence-corrected chi connectivity index (χ1v) is 5.52. The molecule has 1 saturated carbocycles. The third kappa shape index (κ3) is 1.90. The molecule has 1 aromatic carbocycles. The molecule has 1 aliphatic rings. The predicted molar refractivity (Wildman–Crippen MR) is 61.2 cm³/mol. The number of carbonyl (C=O) groups excluding carboxylic acids is 1. The van der Waals surface area contributed by atoms with Gasteiger partial charge in [0.2, 0.25) is 0 Å². The Bertz CT molecular complexity index is 394. The van der Waals surface area contributed by atoms with Gasteiger partial charge in [0, 0.05) is 5.92 Å². The summed E-state index contributed by atoms with van der Waals surface area (Å²) >= 11 is 0. The highest BCUT2D eigenvalue weighted by Crippen LogP contribution is 2.34. The van der Waals surface area contributed by atoms with Gasteiger partial charge in [-0.05, 0) is 31.0 Å². The molecule has 0 heterocycles. The highest BCUT2D eigenvalue weighted by Gasteiger charge is 2.28. The van der Waals surface area contributed by atoms with E-state index in [0.717, 1.165) is 19.3 Å². The number of benzene rings is 1. The Labute approximate surface area is 95.4 Å². The smallest absolute Gasteiger partial charge is 0.169 e. The third-order valence-corrected chi connectivity index (χ3v) is 3.15. The molecule has 1 fully saturated rings. The number of ether oxygens (including phenoxy) is 2. The number of Topliss-reactive ketones (excluding diaryl/α,β-unsaturated/α-hetero) is 1. The molecule has 0 atom stereocenters. The maximum absolute atomic E-state index is 12.1. The van der Waals surface area contributed by atoms with E-state index >= 15 is 0 Å². The second kappa shape index (κ2) is 4.56. The van der Waals surface area contributed by atoms with Crippen molar-refractivity contribution in [1.29, 1.82) is 0 Å². The molecule has 1 aromatic rings. The molecule has 0 amide bonds. The minimum absolute atomic E-state index is 0.181. The van der Waals surface area contributed by atoms with Crippen molar-refractivity contribution in [2.75, 3.05) is 14.2 Å². The first-order chi connectivity index (χ1) is 7.76. The molecule has 2 rings (SSSR count). The van der Waals surface area contributed by atoms with Crippen molar-refractivity contribution in [3.63, 3.8) is 0 Å². The molecule has 3 nitrogen and oxygen atoms in total. The van der Waals surface area contributed by atoms with E-state index in [4.69, 9.17) is 9.47 Å². The molecule has 0 N–H and O–H groups in total. The fourth-order valence-electron chi connectivity index (χ4n) is 1.90. The summed E-state index contributed by atoms with van der Waals surface area (Å²) in [7, 11) is 3.18. The van der Waals surface area contributed by atoms with Crippen LogP contribution >= 0.6 is 0 Å². The Morgan fingerprint density at radius 1 is 1.25 bits per heavy atom. The lowest BCUT2D eigenvalue weighted by Gasteiger charge is -2.24. The van der Waals surface area contributed by atoms with Crippen molar-refractivity contribution in [3.8, 4) is 11.5 Å². The van der Waals surface area contributed by atoms with Gasteiger partial charge in [0.15, 0.2) is 5.78 Å². The number of hydrogen-bond donors (Lipinski definition) is 0. The average Bonchev–Trinajstić information content (AvgIpc) is 2.25. The number of hydrogen-bond acceptors (Lipinski definition) is 3. The van der Waals surface area contributed by atoms with E-state index in [0.29, 0.717) is 17.1 Å². The first-order valence-electron chi connectivity index (χ1n) is 5.52. The molecular weight excluding hydrogens is 204 g/mol. The highest BCUT2D eigenvalue weighted by atomic mass is 16.5. The van der Waals surface area contributed by atoms with E-state index in [1.807, 2.05) is 0 Å². The molecule has 0 aromatic heterocycles. The van der Waals surface area contributed by atoms with Crippen LogP contribution in [0.2, 0.25) is 0 Å².